The number of nitrogens with zero attached hydrogens (tertiary/aromatic N) is 2. The second-order valence-electron chi connectivity index (χ2n) is 3.75. The van der Waals surface area contributed by atoms with Crippen LogP contribution in [0.5, 0.6) is 0 Å². The van der Waals surface area contributed by atoms with Crippen molar-refractivity contribution >= 4 is 22.7 Å². The van der Waals surface area contributed by atoms with Crippen molar-refractivity contribution in [1.82, 2.24) is 15.3 Å². The standard InChI is InChI=1S/C11H15N3S2/c1-7(10-5-15-9(3)14-10)12-4-11-8(2)13-6-16-11/h5-7,12H,4H2,1-3H3. The van der Waals surface area contributed by atoms with E-state index in [0.29, 0.717) is 6.04 Å². The first kappa shape index (κ1) is 11.7. The minimum atomic E-state index is 0.298. The number of hydrogen-bond donors (Lipinski definition) is 1. The Labute approximate surface area is 104 Å². The number of aromatic nitrogens is 2. The molecule has 0 fully saturated rings. The highest BCUT2D eigenvalue weighted by Crippen LogP contribution is 2.18. The summed E-state index contributed by atoms with van der Waals surface area (Å²) in [5, 5.41) is 6.71. The Bertz CT molecular complexity index is 461. The monoisotopic (exact) mass is 253 g/mol. The molecule has 3 nitrogen and oxygen atoms in total. The van der Waals surface area contributed by atoms with E-state index in [1.54, 1.807) is 22.7 Å². The lowest BCUT2D eigenvalue weighted by Crippen LogP contribution is -2.18. The van der Waals surface area contributed by atoms with Gasteiger partial charge in [0.2, 0.25) is 0 Å². The van der Waals surface area contributed by atoms with Gasteiger partial charge in [-0.25, -0.2) is 9.97 Å². The molecule has 2 aromatic rings. The van der Waals surface area contributed by atoms with Crippen LogP contribution in [0.3, 0.4) is 0 Å². The summed E-state index contributed by atoms with van der Waals surface area (Å²) in [7, 11) is 0. The molecule has 2 heterocycles. The molecule has 0 saturated carbocycles. The fourth-order valence-electron chi connectivity index (χ4n) is 1.43. The zero-order valence-electron chi connectivity index (χ0n) is 9.65. The predicted molar refractivity (Wildman–Crippen MR) is 69.0 cm³/mol. The SMILES string of the molecule is Cc1nc(C(C)NCc2scnc2C)cs1. The molecule has 0 saturated heterocycles. The van der Waals surface area contributed by atoms with Crippen molar-refractivity contribution in [3.8, 4) is 0 Å². The van der Waals surface area contributed by atoms with Crippen molar-refractivity contribution in [1.29, 1.82) is 0 Å². The average molecular weight is 253 g/mol. The van der Waals surface area contributed by atoms with Gasteiger partial charge < -0.3 is 5.32 Å². The first-order valence-corrected chi connectivity index (χ1v) is 6.97. The number of aryl methyl sites for hydroxylation is 2. The third-order valence-electron chi connectivity index (χ3n) is 2.49. The summed E-state index contributed by atoms with van der Waals surface area (Å²) in [4.78, 5) is 10.0. The van der Waals surface area contributed by atoms with Crippen LogP contribution in [0.15, 0.2) is 10.9 Å². The lowest BCUT2D eigenvalue weighted by molar-refractivity contribution is 0.565. The molecule has 1 unspecified atom stereocenters. The largest absolute Gasteiger partial charge is 0.304 e. The van der Waals surface area contributed by atoms with Crippen LogP contribution in [-0.4, -0.2) is 9.97 Å². The molecule has 0 aliphatic rings. The molecule has 0 aromatic carbocycles. The normalized spacial score (nSPS) is 12.9. The van der Waals surface area contributed by atoms with Crippen molar-refractivity contribution < 1.29 is 0 Å². The number of thiazole rings is 2. The maximum Gasteiger partial charge on any atom is 0.0898 e. The van der Waals surface area contributed by atoms with Gasteiger partial charge in [0.15, 0.2) is 0 Å². The summed E-state index contributed by atoms with van der Waals surface area (Å²) in [6.07, 6.45) is 0. The van der Waals surface area contributed by atoms with E-state index in [9.17, 15) is 0 Å². The number of hydrogen-bond acceptors (Lipinski definition) is 5. The van der Waals surface area contributed by atoms with Crippen molar-refractivity contribution in [2.24, 2.45) is 0 Å². The highest BCUT2D eigenvalue weighted by Gasteiger charge is 2.09. The van der Waals surface area contributed by atoms with Gasteiger partial charge in [0.25, 0.3) is 0 Å². The summed E-state index contributed by atoms with van der Waals surface area (Å²) < 4.78 is 0. The first-order valence-electron chi connectivity index (χ1n) is 5.21. The van der Waals surface area contributed by atoms with E-state index in [1.807, 2.05) is 19.4 Å². The maximum absolute atomic E-state index is 4.48. The minimum absolute atomic E-state index is 0.298. The molecule has 86 valence electrons. The second kappa shape index (κ2) is 5.03. The quantitative estimate of drug-likeness (QED) is 0.910. The Morgan fingerprint density at radius 2 is 2.19 bits per heavy atom. The molecule has 2 rings (SSSR count). The smallest absolute Gasteiger partial charge is 0.0898 e. The molecule has 16 heavy (non-hydrogen) atoms. The minimum Gasteiger partial charge on any atom is -0.304 e. The van der Waals surface area contributed by atoms with E-state index in [4.69, 9.17) is 0 Å². The highest BCUT2D eigenvalue weighted by molar-refractivity contribution is 7.09. The van der Waals surface area contributed by atoms with Crippen LogP contribution in [0.2, 0.25) is 0 Å². The molecule has 1 atom stereocenters. The van der Waals surface area contributed by atoms with E-state index in [-0.39, 0.29) is 0 Å². The Hall–Kier alpha value is -0.780. The molecule has 0 bridgehead atoms. The van der Waals surface area contributed by atoms with Crippen LogP contribution >= 0.6 is 22.7 Å². The van der Waals surface area contributed by atoms with Crippen LogP contribution in [0.25, 0.3) is 0 Å². The number of nitrogens with one attached hydrogen (secondary N) is 1. The van der Waals surface area contributed by atoms with Gasteiger partial charge in [0, 0.05) is 22.8 Å². The zero-order valence-corrected chi connectivity index (χ0v) is 11.3. The van der Waals surface area contributed by atoms with Gasteiger partial charge in [0.05, 0.1) is 21.9 Å². The van der Waals surface area contributed by atoms with Gasteiger partial charge in [-0.15, -0.1) is 22.7 Å². The van der Waals surface area contributed by atoms with Crippen LogP contribution in [0.1, 0.15) is 34.2 Å². The molecule has 0 aliphatic heterocycles. The summed E-state index contributed by atoms with van der Waals surface area (Å²) in [5.74, 6) is 0. The molecule has 0 radical (unpaired) electrons. The average Bonchev–Trinajstić information content (AvgIpc) is 2.84. The first-order chi connectivity index (χ1) is 7.66. The van der Waals surface area contributed by atoms with Gasteiger partial charge in [-0.2, -0.15) is 0 Å². The highest BCUT2D eigenvalue weighted by atomic mass is 32.1. The lowest BCUT2D eigenvalue weighted by Gasteiger charge is -2.10. The fraction of sp³-hybridized carbons (Fsp3) is 0.455. The Morgan fingerprint density at radius 3 is 2.75 bits per heavy atom. The summed E-state index contributed by atoms with van der Waals surface area (Å²) in [6.45, 7) is 7.10. The van der Waals surface area contributed by atoms with Crippen LogP contribution in [0, 0.1) is 13.8 Å². The molecule has 1 N–H and O–H groups in total. The fourth-order valence-corrected chi connectivity index (χ4v) is 2.86. The predicted octanol–water partition coefficient (Wildman–Crippen LogP) is 3.07. The summed E-state index contributed by atoms with van der Waals surface area (Å²) in [5.41, 5.74) is 4.15. The second-order valence-corrected chi connectivity index (χ2v) is 5.76. The molecule has 0 amide bonds. The lowest BCUT2D eigenvalue weighted by atomic mass is 10.2. The van der Waals surface area contributed by atoms with E-state index in [1.165, 1.54) is 4.88 Å². The molecule has 0 spiro atoms. The van der Waals surface area contributed by atoms with E-state index < -0.39 is 0 Å². The third-order valence-corrected chi connectivity index (χ3v) is 4.22. The van der Waals surface area contributed by atoms with Crippen molar-refractivity contribution in [3.05, 3.63) is 32.2 Å². The van der Waals surface area contributed by atoms with E-state index >= 15 is 0 Å². The maximum atomic E-state index is 4.48. The topological polar surface area (TPSA) is 37.8 Å². The van der Waals surface area contributed by atoms with Crippen molar-refractivity contribution in [3.63, 3.8) is 0 Å². The van der Waals surface area contributed by atoms with Crippen molar-refractivity contribution in [2.45, 2.75) is 33.4 Å². The molecular formula is C11H15N3S2. The zero-order chi connectivity index (χ0) is 11.5. The Kier molecular flexibility index (Phi) is 3.68. The summed E-state index contributed by atoms with van der Waals surface area (Å²) >= 11 is 3.40. The van der Waals surface area contributed by atoms with E-state index in [2.05, 4.69) is 27.6 Å². The molecular weight excluding hydrogens is 238 g/mol. The van der Waals surface area contributed by atoms with Crippen molar-refractivity contribution in [2.75, 3.05) is 0 Å². The van der Waals surface area contributed by atoms with Crippen LogP contribution in [0.4, 0.5) is 0 Å². The Morgan fingerprint density at radius 1 is 1.38 bits per heavy atom. The Balaban J connectivity index is 1.93. The van der Waals surface area contributed by atoms with Gasteiger partial charge in [-0.05, 0) is 20.8 Å². The van der Waals surface area contributed by atoms with E-state index in [0.717, 1.165) is 22.9 Å². The summed E-state index contributed by atoms with van der Waals surface area (Å²) in [6, 6.07) is 0.298. The molecule has 5 heteroatoms. The number of rotatable bonds is 4. The van der Waals surface area contributed by atoms with Crippen LogP contribution < -0.4 is 5.32 Å². The molecule has 2 aromatic heterocycles. The van der Waals surface area contributed by atoms with Gasteiger partial charge in [-0.3, -0.25) is 0 Å². The third kappa shape index (κ3) is 2.66. The molecule has 0 aliphatic carbocycles. The van der Waals surface area contributed by atoms with Gasteiger partial charge in [0.1, 0.15) is 0 Å². The van der Waals surface area contributed by atoms with Gasteiger partial charge >= 0.3 is 0 Å². The van der Waals surface area contributed by atoms with Gasteiger partial charge in [-0.1, -0.05) is 0 Å². The van der Waals surface area contributed by atoms with Crippen LogP contribution in [-0.2, 0) is 6.54 Å².